The number of thioether (sulfide) groups is 1. The second kappa shape index (κ2) is 5.15. The zero-order valence-corrected chi connectivity index (χ0v) is 12.3. The summed E-state index contributed by atoms with van der Waals surface area (Å²) in [6, 6.07) is -0.425. The van der Waals surface area contributed by atoms with Crippen LogP contribution in [0.3, 0.4) is 0 Å². The van der Waals surface area contributed by atoms with Crippen molar-refractivity contribution in [1.82, 2.24) is 10.6 Å². The van der Waals surface area contributed by atoms with Gasteiger partial charge < -0.3 is 10.6 Å². The molecule has 2 amide bonds. The van der Waals surface area contributed by atoms with Gasteiger partial charge in [0.05, 0.1) is 6.04 Å². The van der Waals surface area contributed by atoms with Gasteiger partial charge in [-0.25, -0.2) is 0 Å². The molecule has 106 valence electrons. The molecule has 0 radical (unpaired) electrons. The second-order valence-electron chi connectivity index (χ2n) is 6.21. The highest BCUT2D eigenvalue weighted by molar-refractivity contribution is 8.14. The van der Waals surface area contributed by atoms with Crippen LogP contribution in [-0.4, -0.2) is 35.3 Å². The maximum absolute atomic E-state index is 12.3. The van der Waals surface area contributed by atoms with Crippen molar-refractivity contribution in [2.75, 3.05) is 12.3 Å². The van der Waals surface area contributed by atoms with E-state index in [4.69, 9.17) is 0 Å². The molecule has 2 heterocycles. The molecule has 2 fully saturated rings. The summed E-state index contributed by atoms with van der Waals surface area (Å²) in [6.45, 7) is 6.59. The van der Waals surface area contributed by atoms with Gasteiger partial charge in [0.2, 0.25) is 16.9 Å². The fourth-order valence-electron chi connectivity index (χ4n) is 2.62. The average molecular weight is 284 g/mol. The Kier molecular flexibility index (Phi) is 3.90. The van der Waals surface area contributed by atoms with Gasteiger partial charge in [-0.05, 0) is 11.8 Å². The predicted molar refractivity (Wildman–Crippen MR) is 73.5 cm³/mol. The van der Waals surface area contributed by atoms with Gasteiger partial charge in [0, 0.05) is 18.2 Å². The van der Waals surface area contributed by atoms with Crippen molar-refractivity contribution in [3.05, 3.63) is 0 Å². The minimum Gasteiger partial charge on any atom is -0.355 e. The molecule has 0 aliphatic carbocycles. The minimum absolute atomic E-state index is 0.000867. The van der Waals surface area contributed by atoms with Gasteiger partial charge in [-0.15, -0.1) is 0 Å². The lowest BCUT2D eigenvalue weighted by molar-refractivity contribution is -0.136. The smallest absolute Gasteiger partial charge is 0.233 e. The molecule has 3 unspecified atom stereocenters. The first-order valence-corrected chi connectivity index (χ1v) is 7.54. The lowest BCUT2D eigenvalue weighted by Gasteiger charge is -2.29. The van der Waals surface area contributed by atoms with Gasteiger partial charge in [0.25, 0.3) is 0 Å². The molecule has 2 aliphatic rings. The summed E-state index contributed by atoms with van der Waals surface area (Å²) in [4.78, 5) is 35.7. The SMILES string of the molecule is CC(C)(C)C1CNC(=O)C1C(=O)NC1CCSC1=O. The molecule has 0 aromatic rings. The van der Waals surface area contributed by atoms with Crippen molar-refractivity contribution >= 4 is 28.7 Å². The Labute approximate surface area is 117 Å². The number of hydrogen-bond acceptors (Lipinski definition) is 4. The van der Waals surface area contributed by atoms with Crippen LogP contribution in [0.4, 0.5) is 0 Å². The zero-order valence-electron chi connectivity index (χ0n) is 11.5. The largest absolute Gasteiger partial charge is 0.355 e. The maximum atomic E-state index is 12.3. The van der Waals surface area contributed by atoms with Gasteiger partial charge in [-0.2, -0.15) is 0 Å². The molecular formula is C13H20N2O3S. The first kappa shape index (κ1) is 14.4. The highest BCUT2D eigenvalue weighted by Crippen LogP contribution is 2.35. The highest BCUT2D eigenvalue weighted by atomic mass is 32.2. The molecule has 0 bridgehead atoms. The van der Waals surface area contributed by atoms with Crippen LogP contribution >= 0.6 is 11.8 Å². The molecule has 0 spiro atoms. The molecule has 2 aliphatic heterocycles. The van der Waals surface area contributed by atoms with E-state index in [0.29, 0.717) is 13.0 Å². The van der Waals surface area contributed by atoms with Crippen molar-refractivity contribution in [2.24, 2.45) is 17.3 Å². The summed E-state index contributed by atoms with van der Waals surface area (Å²) in [6.07, 6.45) is 0.657. The summed E-state index contributed by atoms with van der Waals surface area (Å²) in [5.74, 6) is -0.516. The maximum Gasteiger partial charge on any atom is 0.233 e. The predicted octanol–water partition coefficient (Wildman–Crippen LogP) is 0.543. The van der Waals surface area contributed by atoms with E-state index >= 15 is 0 Å². The van der Waals surface area contributed by atoms with E-state index in [-0.39, 0.29) is 28.3 Å². The lowest BCUT2D eigenvalue weighted by atomic mass is 9.74. The normalized spacial score (nSPS) is 31.4. The van der Waals surface area contributed by atoms with Crippen molar-refractivity contribution < 1.29 is 14.4 Å². The van der Waals surface area contributed by atoms with Gasteiger partial charge in [0.1, 0.15) is 5.92 Å². The molecule has 3 atom stereocenters. The molecule has 5 nitrogen and oxygen atoms in total. The average Bonchev–Trinajstić information content (AvgIpc) is 2.85. The summed E-state index contributed by atoms with van der Waals surface area (Å²) in [5.41, 5.74) is -0.129. The van der Waals surface area contributed by atoms with Crippen LogP contribution in [0.5, 0.6) is 0 Å². The first-order valence-electron chi connectivity index (χ1n) is 6.55. The summed E-state index contributed by atoms with van der Waals surface area (Å²) < 4.78 is 0. The molecule has 0 aromatic carbocycles. The third kappa shape index (κ3) is 2.94. The number of hydrogen-bond donors (Lipinski definition) is 2. The zero-order chi connectivity index (χ0) is 14.2. The topological polar surface area (TPSA) is 75.3 Å². The fourth-order valence-corrected chi connectivity index (χ4v) is 3.55. The Balaban J connectivity index is 2.08. The van der Waals surface area contributed by atoms with Crippen LogP contribution in [0.15, 0.2) is 0 Å². The van der Waals surface area contributed by atoms with Crippen molar-refractivity contribution in [3.63, 3.8) is 0 Å². The van der Waals surface area contributed by atoms with E-state index in [1.54, 1.807) is 0 Å². The number of nitrogens with one attached hydrogen (secondary N) is 2. The van der Waals surface area contributed by atoms with Crippen LogP contribution in [0.25, 0.3) is 0 Å². The molecule has 2 saturated heterocycles. The van der Waals surface area contributed by atoms with Crippen LogP contribution in [-0.2, 0) is 14.4 Å². The molecule has 2 rings (SSSR count). The van der Waals surface area contributed by atoms with E-state index in [2.05, 4.69) is 10.6 Å². The van der Waals surface area contributed by atoms with E-state index < -0.39 is 12.0 Å². The summed E-state index contributed by atoms with van der Waals surface area (Å²) in [7, 11) is 0. The summed E-state index contributed by atoms with van der Waals surface area (Å²) >= 11 is 1.24. The Hall–Kier alpha value is -1.04. The Morgan fingerprint density at radius 1 is 1.37 bits per heavy atom. The minimum atomic E-state index is -0.682. The summed E-state index contributed by atoms with van der Waals surface area (Å²) in [5, 5.41) is 5.49. The lowest BCUT2D eigenvalue weighted by Crippen LogP contribution is -2.46. The number of amides is 2. The van der Waals surface area contributed by atoms with Gasteiger partial charge in [0.15, 0.2) is 0 Å². The molecule has 0 aromatic heterocycles. The quantitative estimate of drug-likeness (QED) is 0.726. The fraction of sp³-hybridized carbons (Fsp3) is 0.769. The second-order valence-corrected chi connectivity index (χ2v) is 7.31. The van der Waals surface area contributed by atoms with E-state index in [0.717, 1.165) is 5.75 Å². The molecule has 0 saturated carbocycles. The molecule has 19 heavy (non-hydrogen) atoms. The molecule has 2 N–H and O–H groups in total. The highest BCUT2D eigenvalue weighted by Gasteiger charge is 2.46. The number of carbonyl (C=O) groups is 3. The first-order chi connectivity index (χ1) is 8.80. The van der Waals surface area contributed by atoms with Crippen molar-refractivity contribution in [2.45, 2.75) is 33.2 Å². The Morgan fingerprint density at radius 3 is 2.58 bits per heavy atom. The van der Waals surface area contributed by atoms with E-state index in [1.807, 2.05) is 20.8 Å². The Bertz CT molecular complexity index is 417. The Morgan fingerprint density at radius 2 is 2.05 bits per heavy atom. The van der Waals surface area contributed by atoms with E-state index in [9.17, 15) is 14.4 Å². The van der Waals surface area contributed by atoms with Gasteiger partial charge in [-0.1, -0.05) is 32.5 Å². The molecule has 6 heteroatoms. The van der Waals surface area contributed by atoms with Crippen LogP contribution in [0, 0.1) is 17.3 Å². The van der Waals surface area contributed by atoms with Crippen LogP contribution in [0.2, 0.25) is 0 Å². The monoisotopic (exact) mass is 284 g/mol. The van der Waals surface area contributed by atoms with Crippen LogP contribution < -0.4 is 10.6 Å². The third-order valence-corrected chi connectivity index (χ3v) is 4.84. The van der Waals surface area contributed by atoms with Gasteiger partial charge in [-0.3, -0.25) is 14.4 Å². The van der Waals surface area contributed by atoms with Crippen molar-refractivity contribution in [1.29, 1.82) is 0 Å². The van der Waals surface area contributed by atoms with E-state index in [1.165, 1.54) is 11.8 Å². The van der Waals surface area contributed by atoms with Crippen LogP contribution in [0.1, 0.15) is 27.2 Å². The number of carbonyl (C=O) groups excluding carboxylic acids is 3. The third-order valence-electron chi connectivity index (χ3n) is 3.83. The number of rotatable bonds is 2. The van der Waals surface area contributed by atoms with Crippen molar-refractivity contribution in [3.8, 4) is 0 Å². The van der Waals surface area contributed by atoms with Gasteiger partial charge >= 0.3 is 0 Å². The molecular weight excluding hydrogens is 264 g/mol. The standard InChI is InChI=1S/C13H20N2O3S/c1-13(2,3)7-6-14-10(16)9(7)11(17)15-8-4-5-19-12(8)18/h7-9H,4-6H2,1-3H3,(H,14,16)(H,15,17).